The highest BCUT2D eigenvalue weighted by Crippen LogP contribution is 2.40. The minimum atomic E-state index is -4.50. The number of benzene rings is 1. The third-order valence-corrected chi connectivity index (χ3v) is 6.19. The van der Waals surface area contributed by atoms with E-state index >= 15 is 0 Å². The number of amides is 3. The Balaban J connectivity index is 1.58. The number of nitrogens with zero attached hydrogens (tertiary/aromatic N) is 1. The first kappa shape index (κ1) is 21.5. The van der Waals surface area contributed by atoms with Crippen LogP contribution in [0.25, 0.3) is 0 Å². The second-order valence-corrected chi connectivity index (χ2v) is 8.43. The molecule has 2 aliphatic rings. The fourth-order valence-corrected chi connectivity index (χ4v) is 4.47. The molecule has 10 heteroatoms. The Morgan fingerprint density at radius 2 is 1.97 bits per heavy atom. The molecule has 1 aromatic rings. The molecule has 0 unspecified atom stereocenters. The molecule has 0 saturated carbocycles. The summed E-state index contributed by atoms with van der Waals surface area (Å²) in [5, 5.41) is 4.29. The Hall–Kier alpha value is -2.23. The lowest BCUT2D eigenvalue weighted by atomic mass is 10.1. The average Bonchev–Trinajstić information content (AvgIpc) is 2.67. The van der Waals surface area contributed by atoms with Gasteiger partial charge in [0.15, 0.2) is 0 Å². The molecule has 0 bridgehead atoms. The first-order chi connectivity index (χ1) is 13.6. The number of nitrogens with one attached hydrogen (secondary N) is 2. The van der Waals surface area contributed by atoms with Crippen molar-refractivity contribution in [3.05, 3.63) is 23.8 Å². The van der Waals surface area contributed by atoms with Crippen molar-refractivity contribution in [2.75, 3.05) is 18.4 Å². The molecule has 2 aliphatic heterocycles. The van der Waals surface area contributed by atoms with Gasteiger partial charge in [0.25, 0.3) is 0 Å². The number of piperidine rings is 1. The first-order valence-electron chi connectivity index (χ1n) is 9.42. The van der Waals surface area contributed by atoms with Gasteiger partial charge in [-0.2, -0.15) is 13.2 Å². The van der Waals surface area contributed by atoms with Crippen LogP contribution in [0.3, 0.4) is 0 Å². The van der Waals surface area contributed by atoms with E-state index in [0.717, 1.165) is 43.2 Å². The zero-order valence-electron chi connectivity index (χ0n) is 15.8. The highest BCUT2D eigenvalue weighted by Gasteiger charge is 2.34. The molecule has 2 atom stereocenters. The lowest BCUT2D eigenvalue weighted by Gasteiger charge is -2.30. The highest BCUT2D eigenvalue weighted by atomic mass is 32.2. The number of fused-ring (bicyclic) bond motifs is 1. The van der Waals surface area contributed by atoms with Crippen LogP contribution in [-0.4, -0.2) is 47.0 Å². The fourth-order valence-electron chi connectivity index (χ4n) is 3.38. The molecule has 0 radical (unpaired) electrons. The predicted octanol–water partition coefficient (Wildman–Crippen LogP) is 3.03. The van der Waals surface area contributed by atoms with Crippen LogP contribution in [0.4, 0.5) is 18.9 Å². The number of likely N-dealkylation sites (tertiary alicyclic amines) is 1. The van der Waals surface area contributed by atoms with Gasteiger partial charge in [-0.15, -0.1) is 11.8 Å². The normalized spacial score (nSPS) is 20.5. The summed E-state index contributed by atoms with van der Waals surface area (Å²) >= 11 is 1.04. The molecule has 1 fully saturated rings. The van der Waals surface area contributed by atoms with Gasteiger partial charge >= 0.3 is 6.18 Å². The van der Waals surface area contributed by atoms with Crippen molar-refractivity contribution in [3.63, 3.8) is 0 Å². The Bertz CT molecular complexity index is 810. The van der Waals surface area contributed by atoms with Crippen molar-refractivity contribution < 1.29 is 27.6 Å². The number of thioether (sulfide) groups is 1. The summed E-state index contributed by atoms with van der Waals surface area (Å²) < 4.78 is 38.5. The number of rotatable bonds is 4. The van der Waals surface area contributed by atoms with E-state index in [2.05, 4.69) is 10.6 Å². The maximum atomic E-state index is 12.8. The third kappa shape index (κ3) is 5.23. The summed E-state index contributed by atoms with van der Waals surface area (Å²) in [5.41, 5.74) is -0.765. The molecule has 2 N–H and O–H groups in total. The molecule has 6 nitrogen and oxygen atoms in total. The fraction of sp³-hybridized carbons (Fsp3) is 0.526. The number of alkyl halides is 3. The third-order valence-electron chi connectivity index (χ3n) is 4.91. The van der Waals surface area contributed by atoms with Crippen LogP contribution in [0.15, 0.2) is 23.1 Å². The van der Waals surface area contributed by atoms with Gasteiger partial charge < -0.3 is 15.5 Å². The molecule has 0 aromatic heterocycles. The number of carbonyl (C=O) groups is 3. The number of halogens is 3. The standard InChI is InChI=1S/C19H22F3N3O3S/c1-11(18(28)25-7-3-2-4-8-25)23-16(26)10-15-17(27)24-13-9-12(19(20,21)22)5-6-14(13)29-15/h5-6,9,11,15H,2-4,7-8,10H2,1H3,(H,23,26)(H,24,27)/t11-,15+/m0/s1. The smallest absolute Gasteiger partial charge is 0.345 e. The van der Waals surface area contributed by atoms with Crippen LogP contribution in [0.2, 0.25) is 0 Å². The SMILES string of the molecule is C[C@H](NC(=O)C[C@H]1Sc2ccc(C(F)(F)F)cc2NC1=O)C(=O)N1CCCCC1. The summed E-state index contributed by atoms with van der Waals surface area (Å²) in [4.78, 5) is 39.2. The van der Waals surface area contributed by atoms with Crippen molar-refractivity contribution in [3.8, 4) is 0 Å². The summed E-state index contributed by atoms with van der Waals surface area (Å²) in [5.74, 6) is -1.14. The zero-order chi connectivity index (χ0) is 21.2. The van der Waals surface area contributed by atoms with Gasteiger partial charge in [0.2, 0.25) is 17.7 Å². The highest BCUT2D eigenvalue weighted by molar-refractivity contribution is 8.01. The van der Waals surface area contributed by atoms with Crippen molar-refractivity contribution in [1.82, 2.24) is 10.2 Å². The van der Waals surface area contributed by atoms with E-state index in [1.165, 1.54) is 6.07 Å². The summed E-state index contributed by atoms with van der Waals surface area (Å²) in [6, 6.07) is 2.42. The van der Waals surface area contributed by atoms with Gasteiger partial charge in [0.1, 0.15) is 6.04 Å². The number of hydrogen-bond acceptors (Lipinski definition) is 4. The average molecular weight is 429 g/mol. The molecule has 3 amide bonds. The van der Waals surface area contributed by atoms with Gasteiger partial charge in [0, 0.05) is 24.4 Å². The van der Waals surface area contributed by atoms with E-state index in [1.807, 2.05) is 0 Å². The Kier molecular flexibility index (Phi) is 6.40. The van der Waals surface area contributed by atoms with E-state index in [-0.39, 0.29) is 18.0 Å². The molecular weight excluding hydrogens is 407 g/mol. The van der Waals surface area contributed by atoms with Gasteiger partial charge in [-0.3, -0.25) is 14.4 Å². The van der Waals surface area contributed by atoms with Gasteiger partial charge in [0.05, 0.1) is 16.5 Å². The number of anilines is 1. The summed E-state index contributed by atoms with van der Waals surface area (Å²) in [6.07, 6.45) is -1.70. The van der Waals surface area contributed by atoms with E-state index in [1.54, 1.807) is 11.8 Å². The van der Waals surface area contributed by atoms with E-state index in [4.69, 9.17) is 0 Å². The Labute approximate surface area is 170 Å². The van der Waals surface area contributed by atoms with Crippen molar-refractivity contribution in [2.45, 2.75) is 55.0 Å². The topological polar surface area (TPSA) is 78.5 Å². The minimum Gasteiger partial charge on any atom is -0.345 e. The monoisotopic (exact) mass is 429 g/mol. The second kappa shape index (κ2) is 8.64. The maximum absolute atomic E-state index is 12.8. The molecule has 29 heavy (non-hydrogen) atoms. The molecule has 158 valence electrons. The van der Waals surface area contributed by atoms with Gasteiger partial charge in [-0.25, -0.2) is 0 Å². The van der Waals surface area contributed by atoms with Crippen LogP contribution in [0, 0.1) is 0 Å². The van der Waals surface area contributed by atoms with Crippen LogP contribution in [-0.2, 0) is 20.6 Å². The van der Waals surface area contributed by atoms with Crippen LogP contribution >= 0.6 is 11.8 Å². The van der Waals surface area contributed by atoms with Crippen LogP contribution in [0.1, 0.15) is 38.2 Å². The molecule has 0 spiro atoms. The predicted molar refractivity (Wildman–Crippen MR) is 102 cm³/mol. The zero-order valence-corrected chi connectivity index (χ0v) is 16.7. The van der Waals surface area contributed by atoms with Crippen molar-refractivity contribution in [1.29, 1.82) is 0 Å². The van der Waals surface area contributed by atoms with Crippen LogP contribution < -0.4 is 10.6 Å². The van der Waals surface area contributed by atoms with Gasteiger partial charge in [-0.05, 0) is 44.4 Å². The molecule has 2 heterocycles. The van der Waals surface area contributed by atoms with Gasteiger partial charge in [-0.1, -0.05) is 0 Å². The van der Waals surface area contributed by atoms with Crippen molar-refractivity contribution >= 4 is 35.2 Å². The van der Waals surface area contributed by atoms with Crippen LogP contribution in [0.5, 0.6) is 0 Å². The van der Waals surface area contributed by atoms with E-state index in [9.17, 15) is 27.6 Å². The molecule has 0 aliphatic carbocycles. The Morgan fingerprint density at radius 1 is 1.28 bits per heavy atom. The molecule has 1 aromatic carbocycles. The van der Waals surface area contributed by atoms with Crippen molar-refractivity contribution in [2.24, 2.45) is 0 Å². The molecular formula is C19H22F3N3O3S. The number of hydrogen-bond donors (Lipinski definition) is 2. The van der Waals surface area contributed by atoms with E-state index < -0.39 is 34.8 Å². The Morgan fingerprint density at radius 3 is 2.62 bits per heavy atom. The quantitative estimate of drug-likeness (QED) is 0.771. The van der Waals surface area contributed by atoms with E-state index in [0.29, 0.717) is 18.0 Å². The summed E-state index contributed by atoms with van der Waals surface area (Å²) in [7, 11) is 0. The largest absolute Gasteiger partial charge is 0.416 e. The molecule has 3 rings (SSSR count). The first-order valence-corrected chi connectivity index (χ1v) is 10.3. The maximum Gasteiger partial charge on any atom is 0.416 e. The number of carbonyl (C=O) groups excluding carboxylic acids is 3. The lowest BCUT2D eigenvalue weighted by molar-refractivity contribution is -0.137. The lowest BCUT2D eigenvalue weighted by Crippen LogP contribution is -2.49. The second-order valence-electron chi connectivity index (χ2n) is 7.18. The molecule has 1 saturated heterocycles. The minimum absolute atomic E-state index is 0.0835. The summed E-state index contributed by atoms with van der Waals surface area (Å²) in [6.45, 7) is 2.96.